The third-order valence-corrected chi connectivity index (χ3v) is 9.37. The van der Waals surface area contributed by atoms with Crippen LogP contribution in [-0.4, -0.2) is 93.5 Å². The highest BCUT2D eigenvalue weighted by atomic mass is 32.2. The number of likely N-dealkylation sites (tertiary alicyclic amines) is 1. The highest BCUT2D eigenvalue weighted by Crippen LogP contribution is 2.51. The number of β-lactam (4-membered cyclic amide) rings is 1. The quantitative estimate of drug-likeness (QED) is 0.366. The molecule has 34 heavy (non-hydrogen) atoms. The molecule has 190 valence electrons. The molecule has 7 atom stereocenters. The maximum absolute atomic E-state index is 13.1. The first-order valence-electron chi connectivity index (χ1n) is 12.2. The van der Waals surface area contributed by atoms with E-state index in [2.05, 4.69) is 10.6 Å². The number of nitrogens with zero attached hydrogens (tertiary/aromatic N) is 2. The second kappa shape index (κ2) is 9.79. The van der Waals surface area contributed by atoms with Crippen molar-refractivity contribution in [2.45, 2.75) is 76.4 Å². The van der Waals surface area contributed by atoms with E-state index in [0.29, 0.717) is 29.8 Å². The molecule has 2 amide bonds. The van der Waals surface area contributed by atoms with Gasteiger partial charge >= 0.3 is 5.97 Å². The molecule has 9 nitrogen and oxygen atoms in total. The monoisotopic (exact) mass is 494 g/mol. The smallest absolute Gasteiger partial charge is 0.353 e. The van der Waals surface area contributed by atoms with E-state index in [1.54, 1.807) is 6.92 Å². The topological polar surface area (TPSA) is 122 Å². The van der Waals surface area contributed by atoms with Crippen LogP contribution in [0, 0.1) is 17.8 Å². The zero-order chi connectivity index (χ0) is 23.4. The second-order valence-electron chi connectivity index (χ2n) is 10.3. The number of thioether (sulfide) groups is 1. The Bertz CT molecular complexity index is 875. The Morgan fingerprint density at radius 1 is 1.29 bits per heavy atom. The van der Waals surface area contributed by atoms with Gasteiger partial charge in [0.1, 0.15) is 5.70 Å². The fourth-order valence-corrected chi connectivity index (χ4v) is 7.36. The van der Waals surface area contributed by atoms with E-state index < -0.39 is 18.0 Å². The molecule has 4 fully saturated rings. The van der Waals surface area contributed by atoms with Crippen LogP contribution in [0.5, 0.6) is 0 Å². The Labute approximate surface area is 205 Å². The van der Waals surface area contributed by atoms with Crippen LogP contribution in [0.3, 0.4) is 0 Å². The van der Waals surface area contributed by atoms with Gasteiger partial charge in [0.2, 0.25) is 11.8 Å². The molecule has 0 aromatic carbocycles. The van der Waals surface area contributed by atoms with Gasteiger partial charge in [0.15, 0.2) is 0 Å². The van der Waals surface area contributed by atoms with Gasteiger partial charge in [-0.3, -0.25) is 9.59 Å². The van der Waals surface area contributed by atoms with Gasteiger partial charge in [-0.25, -0.2) is 4.79 Å². The highest BCUT2D eigenvalue weighted by Gasteiger charge is 2.60. The summed E-state index contributed by atoms with van der Waals surface area (Å²) in [5.41, 5.74) is 0.0553. The Balaban J connectivity index is 0.00000274. The van der Waals surface area contributed by atoms with E-state index >= 15 is 0 Å². The molecule has 1 aliphatic carbocycles. The lowest BCUT2D eigenvalue weighted by Crippen LogP contribution is -2.63. The summed E-state index contributed by atoms with van der Waals surface area (Å²) < 4.78 is 0. The number of carbonyl (C=O) groups is 3. The number of aliphatic hydroxyl groups is 1. The number of carbonyl (C=O) groups excluding carboxylic acids is 2. The summed E-state index contributed by atoms with van der Waals surface area (Å²) in [4.78, 5) is 41.6. The number of hydrogen-bond acceptors (Lipinski definition) is 7. The third-order valence-electron chi connectivity index (χ3n) is 7.86. The molecular weight excluding hydrogens is 456 g/mol. The lowest BCUT2D eigenvalue weighted by molar-refractivity contribution is -0.163. The standard InChI is InChI=1S/C23H34N4O5S.CH4/c1-11-18-17(12(2)28)22(30)27(18)19(23(31)32)20(11)33-15-7-16(25-9-15)21(29)26-6-5-13(10-26)8-24-14-3-4-14;/h11-18,24-25,28H,3-10H2,1-2H3,(H,31,32);1H4/t11?,12?,13-,15+,16?,17?,18?;/m1./s1. The van der Waals surface area contributed by atoms with Gasteiger partial charge in [-0.1, -0.05) is 14.4 Å². The maximum Gasteiger partial charge on any atom is 0.353 e. The predicted molar refractivity (Wildman–Crippen MR) is 130 cm³/mol. The first-order chi connectivity index (χ1) is 15.8. The van der Waals surface area contributed by atoms with Crippen molar-refractivity contribution in [3.63, 3.8) is 0 Å². The van der Waals surface area contributed by atoms with Crippen LogP contribution in [0.1, 0.15) is 47.0 Å². The van der Waals surface area contributed by atoms with Gasteiger partial charge in [-0.2, -0.15) is 0 Å². The number of amides is 2. The minimum atomic E-state index is -1.11. The van der Waals surface area contributed by atoms with E-state index in [4.69, 9.17) is 0 Å². The van der Waals surface area contributed by atoms with Crippen molar-refractivity contribution in [2.24, 2.45) is 17.8 Å². The summed E-state index contributed by atoms with van der Waals surface area (Å²) in [6.07, 6.45) is 3.42. The Kier molecular flexibility index (Phi) is 7.34. The molecule has 3 saturated heterocycles. The zero-order valence-corrected chi connectivity index (χ0v) is 20.0. The third kappa shape index (κ3) is 4.50. The van der Waals surface area contributed by atoms with Crippen molar-refractivity contribution in [2.75, 3.05) is 26.2 Å². The van der Waals surface area contributed by atoms with Crippen LogP contribution in [0.15, 0.2) is 10.6 Å². The number of hydrogen-bond donors (Lipinski definition) is 4. The molecule has 4 aliphatic heterocycles. The predicted octanol–water partition coefficient (Wildman–Crippen LogP) is 0.840. The molecule has 5 aliphatic rings. The first kappa shape index (κ1) is 25.5. The van der Waals surface area contributed by atoms with E-state index in [1.165, 1.54) is 29.5 Å². The Hall–Kier alpha value is -1.62. The van der Waals surface area contributed by atoms with Crippen molar-refractivity contribution < 1.29 is 24.6 Å². The largest absolute Gasteiger partial charge is 0.477 e. The van der Waals surface area contributed by atoms with Crippen LogP contribution in [0.2, 0.25) is 0 Å². The molecule has 0 aromatic rings. The molecule has 0 spiro atoms. The van der Waals surface area contributed by atoms with E-state index in [1.807, 2.05) is 11.8 Å². The Morgan fingerprint density at radius 3 is 2.68 bits per heavy atom. The van der Waals surface area contributed by atoms with Crippen molar-refractivity contribution in [3.05, 3.63) is 10.6 Å². The van der Waals surface area contributed by atoms with Crippen LogP contribution >= 0.6 is 11.8 Å². The van der Waals surface area contributed by atoms with E-state index in [0.717, 1.165) is 26.1 Å². The number of aliphatic hydroxyl groups excluding tert-OH is 1. The minimum Gasteiger partial charge on any atom is -0.477 e. The molecule has 0 aromatic heterocycles. The summed E-state index contributed by atoms with van der Waals surface area (Å²) in [6.45, 7) is 6.74. The molecule has 4 heterocycles. The van der Waals surface area contributed by atoms with Crippen molar-refractivity contribution in [3.8, 4) is 0 Å². The number of carboxylic acid groups (broad SMARTS) is 1. The molecule has 1 saturated carbocycles. The average molecular weight is 495 g/mol. The molecular formula is C24H38N4O5S. The average Bonchev–Trinajstić information content (AvgIpc) is 3.18. The van der Waals surface area contributed by atoms with Gasteiger partial charge in [-0.15, -0.1) is 11.8 Å². The van der Waals surface area contributed by atoms with Crippen LogP contribution in [-0.2, 0) is 14.4 Å². The highest BCUT2D eigenvalue weighted by molar-refractivity contribution is 8.03. The molecule has 5 rings (SSSR count). The lowest BCUT2D eigenvalue weighted by atomic mass is 9.79. The number of rotatable bonds is 8. The number of nitrogens with one attached hydrogen (secondary N) is 2. The number of carboxylic acids is 1. The summed E-state index contributed by atoms with van der Waals surface area (Å²) in [5.74, 6) is -1.45. The van der Waals surface area contributed by atoms with Gasteiger partial charge in [0, 0.05) is 41.7 Å². The fraction of sp³-hybridized carbons (Fsp3) is 0.792. The van der Waals surface area contributed by atoms with Gasteiger partial charge in [-0.05, 0) is 45.1 Å². The summed E-state index contributed by atoms with van der Waals surface area (Å²) in [7, 11) is 0. The normalized spacial score (nSPS) is 35.8. The van der Waals surface area contributed by atoms with Crippen LogP contribution in [0.4, 0.5) is 0 Å². The SMILES string of the molecule is C.CC(O)C1C(=O)N2C(C(=O)O)=C(S[C@@H]3CNC(C(=O)N4CC[C@H](CNC5CC5)C4)C3)C(C)C12. The molecule has 0 radical (unpaired) electrons. The Morgan fingerprint density at radius 2 is 2.03 bits per heavy atom. The summed E-state index contributed by atoms with van der Waals surface area (Å²) in [6, 6.07) is 0.139. The summed E-state index contributed by atoms with van der Waals surface area (Å²) >= 11 is 1.49. The van der Waals surface area contributed by atoms with Gasteiger partial charge in [0.05, 0.1) is 24.1 Å². The fourth-order valence-electron chi connectivity index (χ4n) is 5.88. The zero-order valence-electron chi connectivity index (χ0n) is 19.2. The van der Waals surface area contributed by atoms with Crippen molar-refractivity contribution >= 4 is 29.5 Å². The van der Waals surface area contributed by atoms with Crippen LogP contribution in [0.25, 0.3) is 0 Å². The minimum absolute atomic E-state index is 0. The van der Waals surface area contributed by atoms with Gasteiger partial charge in [0.25, 0.3) is 0 Å². The number of fused-ring (bicyclic) bond motifs is 1. The van der Waals surface area contributed by atoms with Crippen LogP contribution < -0.4 is 10.6 Å². The second-order valence-corrected chi connectivity index (χ2v) is 11.7. The van der Waals surface area contributed by atoms with Crippen molar-refractivity contribution in [1.82, 2.24) is 20.4 Å². The lowest BCUT2D eigenvalue weighted by Gasteiger charge is -2.46. The molecule has 10 heteroatoms. The molecule has 4 N–H and O–H groups in total. The molecule has 5 unspecified atom stereocenters. The molecule has 0 bridgehead atoms. The number of aliphatic carboxylic acids is 1. The van der Waals surface area contributed by atoms with Gasteiger partial charge < -0.3 is 30.6 Å². The van der Waals surface area contributed by atoms with E-state index in [-0.39, 0.29) is 48.2 Å². The van der Waals surface area contributed by atoms with E-state index in [9.17, 15) is 24.6 Å². The van der Waals surface area contributed by atoms with Crippen molar-refractivity contribution in [1.29, 1.82) is 0 Å². The summed E-state index contributed by atoms with van der Waals surface area (Å²) in [5, 5.41) is 26.8. The first-order valence-corrected chi connectivity index (χ1v) is 13.0. The maximum atomic E-state index is 13.1.